The number of nitrogens with zero attached hydrogens (tertiary/aromatic N) is 1. The summed E-state index contributed by atoms with van der Waals surface area (Å²) in [6.45, 7) is 12.6. The lowest BCUT2D eigenvalue weighted by Crippen LogP contribution is -2.35. The fourth-order valence-electron chi connectivity index (χ4n) is 4.23. The van der Waals surface area contributed by atoms with Gasteiger partial charge in [-0.1, -0.05) is 24.9 Å². The van der Waals surface area contributed by atoms with E-state index in [4.69, 9.17) is 16.3 Å². The van der Waals surface area contributed by atoms with Crippen molar-refractivity contribution < 1.29 is 9.53 Å². The molecule has 1 saturated heterocycles. The third-order valence-electron chi connectivity index (χ3n) is 5.74. The molecule has 28 heavy (non-hydrogen) atoms. The second kappa shape index (κ2) is 9.04. The molecule has 1 aromatic rings. The van der Waals surface area contributed by atoms with Gasteiger partial charge in [-0.3, -0.25) is 4.79 Å². The highest BCUT2D eigenvalue weighted by molar-refractivity contribution is 6.34. The van der Waals surface area contributed by atoms with E-state index in [2.05, 4.69) is 37.9 Å². The van der Waals surface area contributed by atoms with Gasteiger partial charge in [0, 0.05) is 23.9 Å². The van der Waals surface area contributed by atoms with E-state index in [0.717, 1.165) is 49.4 Å². The Morgan fingerprint density at radius 3 is 2.68 bits per heavy atom. The van der Waals surface area contributed by atoms with Crippen LogP contribution < -0.4 is 10.1 Å². The number of piperidine rings is 1. The van der Waals surface area contributed by atoms with E-state index in [1.165, 1.54) is 19.4 Å². The van der Waals surface area contributed by atoms with E-state index in [1.807, 2.05) is 6.07 Å². The van der Waals surface area contributed by atoms with Crippen molar-refractivity contribution in [2.24, 2.45) is 5.92 Å². The number of halogens is 1. The quantitative estimate of drug-likeness (QED) is 0.601. The van der Waals surface area contributed by atoms with Crippen LogP contribution in [0.1, 0.15) is 75.7 Å². The van der Waals surface area contributed by atoms with E-state index >= 15 is 0 Å². The number of ether oxygens (including phenoxy) is 1. The lowest BCUT2D eigenvalue weighted by molar-refractivity contribution is 0.0924. The molecule has 0 saturated carbocycles. The number of carbonyl (C=O) groups is 1. The molecule has 4 nitrogen and oxygen atoms in total. The molecule has 1 N–H and O–H groups in total. The first-order valence-electron chi connectivity index (χ1n) is 10.8. The lowest BCUT2D eigenvalue weighted by Gasteiger charge is -2.31. The van der Waals surface area contributed by atoms with Gasteiger partial charge < -0.3 is 15.0 Å². The van der Waals surface area contributed by atoms with Gasteiger partial charge in [0.2, 0.25) is 0 Å². The van der Waals surface area contributed by atoms with Gasteiger partial charge in [-0.25, -0.2) is 0 Å². The molecular weight excluding hydrogens is 372 g/mol. The van der Waals surface area contributed by atoms with Crippen molar-refractivity contribution in [2.45, 2.75) is 71.8 Å². The summed E-state index contributed by atoms with van der Waals surface area (Å²) in [6.07, 6.45) is 6.11. The van der Waals surface area contributed by atoms with Gasteiger partial charge in [0.05, 0.1) is 22.9 Å². The van der Waals surface area contributed by atoms with Crippen molar-refractivity contribution in [1.82, 2.24) is 4.90 Å². The molecule has 0 unspecified atom stereocenters. The number of likely N-dealkylation sites (tertiary alicyclic amines) is 1. The van der Waals surface area contributed by atoms with Crippen LogP contribution in [0.3, 0.4) is 0 Å². The Balaban J connectivity index is 1.70. The molecule has 0 amide bonds. The Bertz CT molecular complexity index is 704. The first-order valence-corrected chi connectivity index (χ1v) is 11.2. The SMILES string of the molecule is CCCCN1CCC(CC(=O)c2cc(Cl)c(NC(C)(C)C)c3c2OCC3)CC1. The van der Waals surface area contributed by atoms with Crippen molar-refractivity contribution in [3.05, 3.63) is 22.2 Å². The summed E-state index contributed by atoms with van der Waals surface area (Å²) in [5.41, 5.74) is 2.55. The zero-order valence-corrected chi connectivity index (χ0v) is 18.6. The minimum Gasteiger partial charge on any atom is -0.492 e. The summed E-state index contributed by atoms with van der Waals surface area (Å²) in [5, 5.41) is 4.11. The number of hydrogen-bond donors (Lipinski definition) is 1. The number of ketones is 1. The average Bonchev–Trinajstić information content (AvgIpc) is 3.12. The topological polar surface area (TPSA) is 41.6 Å². The lowest BCUT2D eigenvalue weighted by atomic mass is 9.89. The van der Waals surface area contributed by atoms with E-state index in [0.29, 0.717) is 29.5 Å². The van der Waals surface area contributed by atoms with Crippen molar-refractivity contribution in [2.75, 3.05) is 31.6 Å². The Morgan fingerprint density at radius 1 is 1.32 bits per heavy atom. The zero-order valence-electron chi connectivity index (χ0n) is 17.9. The molecule has 0 radical (unpaired) electrons. The summed E-state index contributed by atoms with van der Waals surface area (Å²) in [5.74, 6) is 1.39. The van der Waals surface area contributed by atoms with E-state index in [-0.39, 0.29) is 11.3 Å². The van der Waals surface area contributed by atoms with E-state index in [9.17, 15) is 4.79 Å². The highest BCUT2D eigenvalue weighted by Crippen LogP contribution is 2.42. The fraction of sp³-hybridized carbons (Fsp3) is 0.696. The zero-order chi connectivity index (χ0) is 20.3. The summed E-state index contributed by atoms with van der Waals surface area (Å²) in [7, 11) is 0. The van der Waals surface area contributed by atoms with Gasteiger partial charge in [-0.15, -0.1) is 0 Å². The smallest absolute Gasteiger partial charge is 0.166 e. The molecular formula is C23H35ClN2O2. The predicted molar refractivity (Wildman–Crippen MR) is 117 cm³/mol. The second-order valence-corrected chi connectivity index (χ2v) is 9.74. The third-order valence-corrected chi connectivity index (χ3v) is 6.04. The summed E-state index contributed by atoms with van der Waals surface area (Å²) >= 11 is 6.60. The molecule has 1 aromatic carbocycles. The van der Waals surface area contributed by atoms with Gasteiger partial charge in [0.15, 0.2) is 5.78 Å². The third kappa shape index (κ3) is 5.21. The van der Waals surface area contributed by atoms with Gasteiger partial charge in [0.25, 0.3) is 0 Å². The number of unbranched alkanes of at least 4 members (excludes halogenated alkanes) is 1. The number of anilines is 1. The van der Waals surface area contributed by atoms with Gasteiger partial charge in [0.1, 0.15) is 5.75 Å². The molecule has 0 atom stereocenters. The molecule has 5 heteroatoms. The first-order chi connectivity index (χ1) is 13.3. The molecule has 3 rings (SSSR count). The number of carbonyl (C=O) groups excluding carboxylic acids is 1. The molecule has 2 aliphatic rings. The Kier molecular flexibility index (Phi) is 6.93. The number of Topliss-reactive ketones (excluding diaryl/α,β-unsaturated/α-hetero) is 1. The molecule has 0 spiro atoms. The van der Waals surface area contributed by atoms with Crippen LogP contribution >= 0.6 is 11.6 Å². The van der Waals surface area contributed by atoms with Crippen LogP contribution in [0.2, 0.25) is 5.02 Å². The Labute approximate surface area is 175 Å². The normalized spacial score (nSPS) is 18.0. The molecule has 0 bridgehead atoms. The first kappa shape index (κ1) is 21.4. The molecule has 2 aliphatic heterocycles. The summed E-state index contributed by atoms with van der Waals surface area (Å²) in [4.78, 5) is 15.6. The average molecular weight is 407 g/mol. The second-order valence-electron chi connectivity index (χ2n) is 9.33. The van der Waals surface area contributed by atoms with Crippen LogP contribution in [0.15, 0.2) is 6.07 Å². The predicted octanol–water partition coefficient (Wildman–Crippen LogP) is 5.57. The van der Waals surface area contributed by atoms with Crippen molar-refractivity contribution in [3.63, 3.8) is 0 Å². The van der Waals surface area contributed by atoms with Gasteiger partial charge in [-0.2, -0.15) is 0 Å². The maximum Gasteiger partial charge on any atom is 0.166 e. The molecule has 1 fully saturated rings. The Hall–Kier alpha value is -1.26. The van der Waals surface area contributed by atoms with Crippen LogP contribution in [0.5, 0.6) is 5.75 Å². The van der Waals surface area contributed by atoms with Crippen LogP contribution in [0.25, 0.3) is 0 Å². The highest BCUT2D eigenvalue weighted by atomic mass is 35.5. The van der Waals surface area contributed by atoms with Crippen molar-refractivity contribution >= 4 is 23.1 Å². The minimum absolute atomic E-state index is 0.0999. The standard InChI is InChI=1S/C23H35ClN2O2/c1-5-6-10-26-11-7-16(8-12-26)14-20(27)18-15-19(24)21(25-23(2,3)4)17-9-13-28-22(17)18/h15-16,25H,5-14H2,1-4H3. The number of nitrogens with one attached hydrogen (secondary N) is 1. The van der Waals surface area contributed by atoms with Crippen LogP contribution in [-0.2, 0) is 6.42 Å². The largest absolute Gasteiger partial charge is 0.492 e. The number of benzene rings is 1. The summed E-state index contributed by atoms with van der Waals surface area (Å²) in [6, 6.07) is 1.82. The molecule has 2 heterocycles. The molecule has 0 aromatic heterocycles. The minimum atomic E-state index is -0.0999. The van der Waals surface area contributed by atoms with Gasteiger partial charge in [-0.05, 0) is 71.7 Å². The maximum absolute atomic E-state index is 13.1. The number of hydrogen-bond acceptors (Lipinski definition) is 4. The Morgan fingerprint density at radius 2 is 2.04 bits per heavy atom. The van der Waals surface area contributed by atoms with Crippen molar-refractivity contribution in [1.29, 1.82) is 0 Å². The monoisotopic (exact) mass is 406 g/mol. The highest BCUT2D eigenvalue weighted by Gasteiger charge is 2.29. The van der Waals surface area contributed by atoms with E-state index in [1.54, 1.807) is 0 Å². The number of fused-ring (bicyclic) bond motifs is 1. The molecule has 0 aliphatic carbocycles. The van der Waals surface area contributed by atoms with Crippen molar-refractivity contribution in [3.8, 4) is 5.75 Å². The van der Waals surface area contributed by atoms with Crippen LogP contribution in [-0.4, -0.2) is 42.5 Å². The summed E-state index contributed by atoms with van der Waals surface area (Å²) < 4.78 is 5.88. The number of rotatable bonds is 7. The van der Waals surface area contributed by atoms with Crippen LogP contribution in [0, 0.1) is 5.92 Å². The van der Waals surface area contributed by atoms with Crippen LogP contribution in [0.4, 0.5) is 5.69 Å². The van der Waals surface area contributed by atoms with Gasteiger partial charge >= 0.3 is 0 Å². The molecule has 156 valence electrons. The van der Waals surface area contributed by atoms with E-state index < -0.39 is 0 Å². The fourth-order valence-corrected chi connectivity index (χ4v) is 4.50. The maximum atomic E-state index is 13.1.